The highest BCUT2D eigenvalue weighted by molar-refractivity contribution is 9.10. The number of hydrogen-bond donors (Lipinski definition) is 1. The Labute approximate surface area is 99.2 Å². The van der Waals surface area contributed by atoms with E-state index in [9.17, 15) is 13.6 Å². The van der Waals surface area contributed by atoms with Crippen LogP contribution in [0.1, 0.15) is 6.92 Å². The third kappa shape index (κ3) is 3.16. The van der Waals surface area contributed by atoms with Gasteiger partial charge >= 0.3 is 5.97 Å². The molecule has 0 aliphatic heterocycles. The number of benzene rings is 1. The zero-order valence-electron chi connectivity index (χ0n) is 8.28. The number of hydrogen-bond acceptors (Lipinski definition) is 2. The lowest BCUT2D eigenvalue weighted by Crippen LogP contribution is -2.35. The lowest BCUT2D eigenvalue weighted by Gasteiger charge is -2.16. The molecule has 0 fully saturated rings. The van der Waals surface area contributed by atoms with Crippen LogP contribution in [0.15, 0.2) is 22.7 Å². The highest BCUT2D eigenvalue weighted by Crippen LogP contribution is 2.23. The summed E-state index contributed by atoms with van der Waals surface area (Å²) >= 11 is 3.03. The molecule has 0 saturated carbocycles. The van der Waals surface area contributed by atoms with Crippen molar-refractivity contribution in [3.05, 3.63) is 28.5 Å². The van der Waals surface area contributed by atoms with Gasteiger partial charge in [0, 0.05) is 4.47 Å². The molecule has 0 radical (unpaired) electrons. The second-order valence-electron chi connectivity index (χ2n) is 3.13. The van der Waals surface area contributed by atoms with Crippen LogP contribution in [0.4, 0.5) is 8.78 Å². The van der Waals surface area contributed by atoms with Gasteiger partial charge in [-0.1, -0.05) is 15.9 Å². The molecule has 0 aliphatic carbocycles. The van der Waals surface area contributed by atoms with Gasteiger partial charge in [0.25, 0.3) is 0 Å². The van der Waals surface area contributed by atoms with E-state index < -0.39 is 24.1 Å². The second kappa shape index (κ2) is 5.25. The first-order valence-corrected chi connectivity index (χ1v) is 5.19. The van der Waals surface area contributed by atoms with E-state index in [1.807, 2.05) is 0 Å². The van der Waals surface area contributed by atoms with Crippen molar-refractivity contribution in [3.8, 4) is 5.75 Å². The average Bonchev–Trinajstić information content (AvgIpc) is 2.15. The molecule has 1 rings (SSSR count). The number of aliphatic carboxylic acids is 1. The van der Waals surface area contributed by atoms with E-state index in [0.29, 0.717) is 4.47 Å². The molecule has 1 aromatic rings. The Morgan fingerprint density at radius 2 is 2.19 bits per heavy atom. The van der Waals surface area contributed by atoms with Gasteiger partial charge in [-0.15, -0.1) is 0 Å². The summed E-state index contributed by atoms with van der Waals surface area (Å²) in [6, 6.07) is 3.81. The van der Waals surface area contributed by atoms with E-state index in [1.54, 1.807) is 0 Å². The van der Waals surface area contributed by atoms with Crippen LogP contribution in [0.3, 0.4) is 0 Å². The topological polar surface area (TPSA) is 46.5 Å². The van der Waals surface area contributed by atoms with Crippen molar-refractivity contribution in [2.45, 2.75) is 19.2 Å². The fourth-order valence-electron chi connectivity index (χ4n) is 1.05. The van der Waals surface area contributed by atoms with E-state index in [4.69, 9.17) is 9.84 Å². The molecule has 0 unspecified atom stereocenters. The minimum atomic E-state index is -1.74. The van der Waals surface area contributed by atoms with Crippen LogP contribution in [-0.4, -0.2) is 23.4 Å². The molecule has 2 atom stereocenters. The maximum Gasteiger partial charge on any atom is 0.348 e. The van der Waals surface area contributed by atoms with Crippen molar-refractivity contribution < 1.29 is 23.4 Å². The van der Waals surface area contributed by atoms with Gasteiger partial charge < -0.3 is 9.84 Å². The first kappa shape index (κ1) is 12.9. The molecule has 1 N–H and O–H groups in total. The SMILES string of the molecule is C[C@@H](F)[C@H](Oc1ccc(Br)cc1F)C(=O)O. The molecular weight excluding hydrogens is 286 g/mol. The number of carboxylic acid groups (broad SMARTS) is 1. The lowest BCUT2D eigenvalue weighted by atomic mass is 10.2. The number of carboxylic acids is 1. The van der Waals surface area contributed by atoms with E-state index in [1.165, 1.54) is 12.1 Å². The highest BCUT2D eigenvalue weighted by Gasteiger charge is 2.27. The third-order valence-electron chi connectivity index (χ3n) is 1.81. The van der Waals surface area contributed by atoms with Crippen LogP contribution >= 0.6 is 15.9 Å². The summed E-state index contributed by atoms with van der Waals surface area (Å²) in [5.74, 6) is -2.52. The number of halogens is 3. The average molecular weight is 295 g/mol. The third-order valence-corrected chi connectivity index (χ3v) is 2.30. The molecular formula is C10H9BrF2O3. The van der Waals surface area contributed by atoms with Gasteiger partial charge in [0.05, 0.1) is 0 Å². The fraction of sp³-hybridized carbons (Fsp3) is 0.300. The van der Waals surface area contributed by atoms with Crippen molar-refractivity contribution in [1.82, 2.24) is 0 Å². The normalized spacial score (nSPS) is 14.2. The van der Waals surface area contributed by atoms with Crippen molar-refractivity contribution in [3.63, 3.8) is 0 Å². The Morgan fingerprint density at radius 3 is 2.62 bits per heavy atom. The van der Waals surface area contributed by atoms with Crippen LogP contribution in [0.25, 0.3) is 0 Å². The predicted octanol–water partition coefficient (Wildman–Crippen LogP) is 2.78. The molecule has 0 spiro atoms. The molecule has 88 valence electrons. The van der Waals surface area contributed by atoms with E-state index in [2.05, 4.69) is 15.9 Å². The van der Waals surface area contributed by atoms with Crippen molar-refractivity contribution in [2.24, 2.45) is 0 Å². The molecule has 0 saturated heterocycles. The Bertz CT molecular complexity index is 396. The lowest BCUT2D eigenvalue weighted by molar-refractivity contribution is -0.147. The second-order valence-corrected chi connectivity index (χ2v) is 4.04. The van der Waals surface area contributed by atoms with Gasteiger partial charge in [-0.3, -0.25) is 0 Å². The Kier molecular flexibility index (Phi) is 4.23. The first-order chi connectivity index (χ1) is 7.41. The van der Waals surface area contributed by atoms with Crippen LogP contribution in [-0.2, 0) is 4.79 Å². The minimum absolute atomic E-state index is 0.292. The van der Waals surface area contributed by atoms with Gasteiger partial charge in [0.15, 0.2) is 11.6 Å². The number of ether oxygens (including phenoxy) is 1. The first-order valence-electron chi connectivity index (χ1n) is 4.40. The summed E-state index contributed by atoms with van der Waals surface area (Å²) in [6.45, 7) is 1.04. The summed E-state index contributed by atoms with van der Waals surface area (Å²) in [7, 11) is 0. The molecule has 0 amide bonds. The maximum absolute atomic E-state index is 13.3. The molecule has 6 heteroatoms. The highest BCUT2D eigenvalue weighted by atomic mass is 79.9. The molecule has 3 nitrogen and oxygen atoms in total. The van der Waals surface area contributed by atoms with Gasteiger partial charge in [0.1, 0.15) is 6.17 Å². The Hall–Kier alpha value is -1.17. The van der Waals surface area contributed by atoms with E-state index >= 15 is 0 Å². The Balaban J connectivity index is 2.90. The van der Waals surface area contributed by atoms with Crippen molar-refractivity contribution >= 4 is 21.9 Å². The van der Waals surface area contributed by atoms with Gasteiger partial charge in [-0.25, -0.2) is 13.6 Å². The molecule has 0 aliphatic rings. The van der Waals surface area contributed by atoms with Gasteiger partial charge in [0.2, 0.25) is 6.10 Å². The minimum Gasteiger partial charge on any atom is -0.478 e. The summed E-state index contributed by atoms with van der Waals surface area (Å²) < 4.78 is 31.4. The monoisotopic (exact) mass is 294 g/mol. The predicted molar refractivity (Wildman–Crippen MR) is 56.7 cm³/mol. The quantitative estimate of drug-likeness (QED) is 0.929. The van der Waals surface area contributed by atoms with Gasteiger partial charge in [-0.05, 0) is 25.1 Å². The van der Waals surface area contributed by atoms with Crippen molar-refractivity contribution in [2.75, 3.05) is 0 Å². The van der Waals surface area contributed by atoms with Crippen molar-refractivity contribution in [1.29, 1.82) is 0 Å². The summed E-state index contributed by atoms with van der Waals surface area (Å²) in [5, 5.41) is 8.65. The number of carbonyl (C=O) groups is 1. The number of alkyl halides is 1. The van der Waals surface area contributed by atoms with Crippen LogP contribution < -0.4 is 4.74 Å². The van der Waals surface area contributed by atoms with E-state index in [-0.39, 0.29) is 5.75 Å². The molecule has 0 aromatic heterocycles. The zero-order chi connectivity index (χ0) is 12.3. The molecule has 1 aromatic carbocycles. The molecule has 16 heavy (non-hydrogen) atoms. The van der Waals surface area contributed by atoms with E-state index in [0.717, 1.165) is 13.0 Å². The van der Waals surface area contributed by atoms with Crippen LogP contribution in [0, 0.1) is 5.82 Å². The summed E-state index contributed by atoms with van der Waals surface area (Å²) in [4.78, 5) is 10.6. The fourth-order valence-corrected chi connectivity index (χ4v) is 1.38. The zero-order valence-corrected chi connectivity index (χ0v) is 9.87. The summed E-state index contributed by atoms with van der Waals surface area (Å²) in [6.07, 6.45) is -3.45. The Morgan fingerprint density at radius 1 is 1.56 bits per heavy atom. The van der Waals surface area contributed by atoms with Crippen LogP contribution in [0.5, 0.6) is 5.75 Å². The largest absolute Gasteiger partial charge is 0.478 e. The smallest absolute Gasteiger partial charge is 0.348 e. The summed E-state index contributed by atoms with van der Waals surface area (Å²) in [5.41, 5.74) is 0. The molecule has 0 heterocycles. The standard InChI is InChI=1S/C10H9BrF2O3/c1-5(12)9(10(14)15)16-8-3-2-6(11)4-7(8)13/h2-5,9H,1H3,(H,14,15)/t5-,9+/m1/s1. The van der Waals surface area contributed by atoms with Gasteiger partial charge in [-0.2, -0.15) is 0 Å². The molecule has 0 bridgehead atoms. The van der Waals surface area contributed by atoms with Crippen LogP contribution in [0.2, 0.25) is 0 Å². The number of rotatable bonds is 4. The maximum atomic E-state index is 13.3.